The van der Waals surface area contributed by atoms with Gasteiger partial charge in [-0.3, -0.25) is 4.90 Å². The summed E-state index contributed by atoms with van der Waals surface area (Å²) >= 11 is 0. The molecule has 0 aromatic heterocycles. The van der Waals surface area contributed by atoms with Crippen LogP contribution < -0.4 is 5.32 Å². The zero-order valence-electron chi connectivity index (χ0n) is 15.8. The first-order valence-corrected chi connectivity index (χ1v) is 9.26. The van der Waals surface area contributed by atoms with Crippen LogP contribution in [0.25, 0.3) is 0 Å². The van der Waals surface area contributed by atoms with Crippen molar-refractivity contribution in [1.29, 1.82) is 0 Å². The van der Waals surface area contributed by atoms with E-state index in [-0.39, 0.29) is 17.5 Å². The summed E-state index contributed by atoms with van der Waals surface area (Å²) in [6, 6.07) is 10.7. The number of nitrogens with zero attached hydrogens (tertiary/aromatic N) is 2. The lowest BCUT2D eigenvalue weighted by molar-refractivity contribution is -0.105. The van der Waals surface area contributed by atoms with Crippen LogP contribution in [0, 0.1) is 11.3 Å². The Morgan fingerprint density at radius 2 is 2.00 bits per heavy atom. The summed E-state index contributed by atoms with van der Waals surface area (Å²) in [4.78, 5) is 16.0. The SMILES string of the molecule is CC(C)C1N(Cc2ccccc2)CC12C[C@@H](O)[C@H](NC(=O)N(C)C)C2. The van der Waals surface area contributed by atoms with Crippen LogP contribution in [0.5, 0.6) is 0 Å². The van der Waals surface area contributed by atoms with E-state index in [0.717, 1.165) is 25.9 Å². The molecule has 25 heavy (non-hydrogen) atoms. The molecular formula is C20H31N3O2. The van der Waals surface area contributed by atoms with E-state index in [1.54, 1.807) is 14.1 Å². The molecule has 2 fully saturated rings. The topological polar surface area (TPSA) is 55.8 Å². The highest BCUT2D eigenvalue weighted by Crippen LogP contribution is 2.53. The van der Waals surface area contributed by atoms with Gasteiger partial charge >= 0.3 is 6.03 Å². The summed E-state index contributed by atoms with van der Waals surface area (Å²) < 4.78 is 0. The third-order valence-corrected chi connectivity index (χ3v) is 5.82. The van der Waals surface area contributed by atoms with E-state index in [0.29, 0.717) is 12.0 Å². The van der Waals surface area contributed by atoms with Gasteiger partial charge in [-0.2, -0.15) is 0 Å². The van der Waals surface area contributed by atoms with E-state index in [9.17, 15) is 9.90 Å². The van der Waals surface area contributed by atoms with Gasteiger partial charge in [0.15, 0.2) is 0 Å². The van der Waals surface area contributed by atoms with E-state index in [1.165, 1.54) is 10.5 Å². The number of benzene rings is 1. The molecule has 5 heteroatoms. The van der Waals surface area contributed by atoms with E-state index in [1.807, 2.05) is 6.07 Å². The van der Waals surface area contributed by atoms with Gasteiger partial charge < -0.3 is 15.3 Å². The number of aliphatic hydroxyl groups excluding tert-OH is 1. The van der Waals surface area contributed by atoms with Crippen LogP contribution in [0.2, 0.25) is 0 Å². The summed E-state index contributed by atoms with van der Waals surface area (Å²) in [5.41, 5.74) is 1.45. The van der Waals surface area contributed by atoms with Gasteiger partial charge in [-0.05, 0) is 24.3 Å². The molecule has 1 aromatic carbocycles. The molecule has 1 aliphatic carbocycles. The average molecular weight is 345 g/mol. The van der Waals surface area contributed by atoms with Crippen molar-refractivity contribution in [3.8, 4) is 0 Å². The summed E-state index contributed by atoms with van der Waals surface area (Å²) in [5, 5.41) is 13.5. The molecule has 1 heterocycles. The predicted octanol–water partition coefficient (Wildman–Crippen LogP) is 2.31. The molecule has 2 N–H and O–H groups in total. The van der Waals surface area contributed by atoms with Gasteiger partial charge in [0, 0.05) is 38.6 Å². The van der Waals surface area contributed by atoms with Gasteiger partial charge in [0.1, 0.15) is 0 Å². The van der Waals surface area contributed by atoms with Crippen molar-refractivity contribution in [1.82, 2.24) is 15.1 Å². The van der Waals surface area contributed by atoms with E-state index >= 15 is 0 Å². The van der Waals surface area contributed by atoms with Crippen molar-refractivity contribution in [2.45, 2.75) is 51.4 Å². The number of rotatable bonds is 4. The van der Waals surface area contributed by atoms with Gasteiger partial charge in [-0.15, -0.1) is 0 Å². The fourth-order valence-corrected chi connectivity index (χ4v) is 4.99. The second kappa shape index (κ2) is 6.96. The quantitative estimate of drug-likeness (QED) is 0.880. The molecule has 1 saturated carbocycles. The first kappa shape index (κ1) is 18.2. The van der Waals surface area contributed by atoms with Crippen molar-refractivity contribution >= 4 is 6.03 Å². The number of carbonyl (C=O) groups excluding carboxylic acids is 1. The lowest BCUT2D eigenvalue weighted by Crippen LogP contribution is -2.65. The predicted molar refractivity (Wildman–Crippen MR) is 99.2 cm³/mol. The summed E-state index contributed by atoms with van der Waals surface area (Å²) in [5.74, 6) is 0.521. The van der Waals surface area contributed by atoms with Crippen LogP contribution in [-0.2, 0) is 6.54 Å². The van der Waals surface area contributed by atoms with Crippen LogP contribution in [0.4, 0.5) is 4.79 Å². The normalized spacial score (nSPS) is 32.0. The molecule has 1 saturated heterocycles. The number of hydrogen-bond acceptors (Lipinski definition) is 3. The molecule has 5 nitrogen and oxygen atoms in total. The number of likely N-dealkylation sites (tertiary alicyclic amines) is 1. The monoisotopic (exact) mass is 345 g/mol. The van der Waals surface area contributed by atoms with Crippen LogP contribution in [0.3, 0.4) is 0 Å². The molecule has 138 valence electrons. The molecule has 2 unspecified atom stereocenters. The lowest BCUT2D eigenvalue weighted by atomic mass is 9.65. The average Bonchev–Trinajstić information content (AvgIpc) is 2.85. The van der Waals surface area contributed by atoms with Crippen molar-refractivity contribution < 1.29 is 9.90 Å². The van der Waals surface area contributed by atoms with Crippen molar-refractivity contribution in [3.05, 3.63) is 35.9 Å². The van der Waals surface area contributed by atoms with Crippen LogP contribution in [0.1, 0.15) is 32.3 Å². The van der Waals surface area contributed by atoms with E-state index in [4.69, 9.17) is 0 Å². The molecule has 0 radical (unpaired) electrons. The second-order valence-electron chi connectivity index (χ2n) is 8.37. The minimum Gasteiger partial charge on any atom is -0.391 e. The molecule has 1 aromatic rings. The van der Waals surface area contributed by atoms with Gasteiger partial charge in [0.05, 0.1) is 12.1 Å². The number of aliphatic hydroxyl groups is 1. The summed E-state index contributed by atoms with van der Waals surface area (Å²) in [6.07, 6.45) is 1.19. The Kier molecular flexibility index (Phi) is 5.07. The molecule has 0 bridgehead atoms. The van der Waals surface area contributed by atoms with E-state index in [2.05, 4.69) is 48.3 Å². The highest BCUT2D eigenvalue weighted by Gasteiger charge is 2.59. The Bertz CT molecular complexity index is 604. The number of hydrogen-bond donors (Lipinski definition) is 2. The number of carbonyl (C=O) groups is 1. The smallest absolute Gasteiger partial charge is 0.317 e. The zero-order chi connectivity index (χ0) is 18.2. The number of amides is 2. The number of nitrogens with one attached hydrogen (secondary N) is 1. The maximum Gasteiger partial charge on any atom is 0.317 e. The van der Waals surface area contributed by atoms with Crippen LogP contribution >= 0.6 is 0 Å². The van der Waals surface area contributed by atoms with Crippen molar-refractivity contribution in [3.63, 3.8) is 0 Å². The standard InChI is InChI=1S/C20H31N3O2/c1-14(2)18-20(13-23(18)12-15-8-6-5-7-9-15)10-16(17(24)11-20)21-19(25)22(3)4/h5-9,14,16-18,24H,10-13H2,1-4H3,(H,21,25)/t16-,17-,18?,20?/m1/s1. The molecule has 2 aliphatic rings. The first-order valence-electron chi connectivity index (χ1n) is 9.26. The summed E-state index contributed by atoms with van der Waals surface area (Å²) in [6.45, 7) is 6.48. The largest absolute Gasteiger partial charge is 0.391 e. The van der Waals surface area contributed by atoms with Crippen molar-refractivity contribution in [2.75, 3.05) is 20.6 Å². The fourth-order valence-electron chi connectivity index (χ4n) is 4.99. The molecule has 4 atom stereocenters. The second-order valence-corrected chi connectivity index (χ2v) is 8.37. The maximum absolute atomic E-state index is 12.0. The molecule has 2 amide bonds. The maximum atomic E-state index is 12.0. The van der Waals surface area contributed by atoms with E-state index < -0.39 is 6.10 Å². The van der Waals surface area contributed by atoms with Crippen LogP contribution in [0.15, 0.2) is 30.3 Å². The minimum absolute atomic E-state index is 0.118. The Morgan fingerprint density at radius 1 is 1.32 bits per heavy atom. The Labute approximate surface area is 151 Å². The lowest BCUT2D eigenvalue weighted by Gasteiger charge is -2.58. The Morgan fingerprint density at radius 3 is 2.60 bits per heavy atom. The van der Waals surface area contributed by atoms with Gasteiger partial charge in [0.25, 0.3) is 0 Å². The van der Waals surface area contributed by atoms with Gasteiger partial charge in [0.2, 0.25) is 0 Å². The Hall–Kier alpha value is -1.59. The fraction of sp³-hybridized carbons (Fsp3) is 0.650. The number of urea groups is 1. The highest BCUT2D eigenvalue weighted by atomic mass is 16.3. The van der Waals surface area contributed by atoms with Gasteiger partial charge in [-0.25, -0.2) is 4.79 Å². The van der Waals surface area contributed by atoms with Gasteiger partial charge in [-0.1, -0.05) is 44.2 Å². The van der Waals surface area contributed by atoms with Crippen LogP contribution in [-0.4, -0.2) is 59.8 Å². The molecular weight excluding hydrogens is 314 g/mol. The summed E-state index contributed by atoms with van der Waals surface area (Å²) in [7, 11) is 3.46. The Balaban J connectivity index is 1.69. The first-order chi connectivity index (χ1) is 11.8. The highest BCUT2D eigenvalue weighted by molar-refractivity contribution is 5.74. The third-order valence-electron chi connectivity index (χ3n) is 5.82. The minimum atomic E-state index is -0.455. The third kappa shape index (κ3) is 3.53. The zero-order valence-corrected chi connectivity index (χ0v) is 15.8. The molecule has 1 aliphatic heterocycles. The molecule has 1 spiro atoms. The molecule has 3 rings (SSSR count). The van der Waals surface area contributed by atoms with Crippen molar-refractivity contribution in [2.24, 2.45) is 11.3 Å².